The number of carbonyl (C=O) groups is 1. The van der Waals surface area contributed by atoms with E-state index in [1.54, 1.807) is 24.3 Å². The second kappa shape index (κ2) is 12.3. The number of benzene rings is 2. The van der Waals surface area contributed by atoms with Crippen LogP contribution in [0.2, 0.25) is 15.1 Å². The fraction of sp³-hybridized carbons (Fsp3) is 0.462. The Kier molecular flexibility index (Phi) is 9.10. The molecule has 5 rings (SSSR count). The minimum atomic E-state index is -4.37. The van der Waals surface area contributed by atoms with Gasteiger partial charge in [0.05, 0.1) is 31.3 Å². The minimum Gasteiger partial charge on any atom is -0.462 e. The van der Waals surface area contributed by atoms with Gasteiger partial charge in [-0.1, -0.05) is 46.9 Å². The second-order valence-electron chi connectivity index (χ2n) is 10.0. The minimum absolute atomic E-state index is 0.0156. The molecule has 15 heteroatoms. The average molecular weight is 653 g/mol. The van der Waals surface area contributed by atoms with Crippen molar-refractivity contribution in [1.29, 1.82) is 0 Å². The number of aliphatic hydroxyl groups excluding tert-OH is 1. The number of sulfonamides is 1. The highest BCUT2D eigenvalue weighted by Gasteiger charge is 2.57. The Morgan fingerprint density at radius 1 is 1.02 bits per heavy atom. The van der Waals surface area contributed by atoms with E-state index in [1.807, 2.05) is 4.90 Å². The smallest absolute Gasteiger partial charge is 0.355 e. The summed E-state index contributed by atoms with van der Waals surface area (Å²) in [6.07, 6.45) is -4.01. The number of morpholine rings is 1. The molecule has 3 heterocycles. The lowest BCUT2D eigenvalue weighted by atomic mass is 9.99. The Balaban J connectivity index is 1.65. The SMILES string of the molecule is O=C1C(Cc2ccc(Cl)cc2)[N+]2=C(O)C(N3CCOCC3)CN(S(=O)(=O)c3ccc(Cl)cc3Cl)C2CN1CC(F)F. The van der Waals surface area contributed by atoms with Crippen molar-refractivity contribution in [3.05, 3.63) is 63.1 Å². The average Bonchev–Trinajstić information content (AvgIpc) is 2.92. The number of ether oxygens (including phenoxy) is 1. The van der Waals surface area contributed by atoms with Crippen LogP contribution in [0, 0.1) is 0 Å². The standard InChI is InChI=1S/C26H27Cl3F2N4O5S/c27-17-3-1-16(2-4-17)11-20-25(36)33(14-23(30)31)15-24-34(41(38,39)22-6-5-18(28)12-19(22)29)13-21(26(37)35(20)24)32-7-9-40-10-8-32/h1-6,12,20-21,23-24H,7-11,13-15H2/p+1. The number of rotatable bonds is 7. The third kappa shape index (κ3) is 6.20. The van der Waals surface area contributed by atoms with Crippen LogP contribution in [0.4, 0.5) is 8.78 Å². The maximum atomic E-state index is 14.2. The van der Waals surface area contributed by atoms with Crippen LogP contribution in [0.15, 0.2) is 47.4 Å². The summed E-state index contributed by atoms with van der Waals surface area (Å²) in [5.74, 6) is -0.845. The number of amides is 1. The number of halogens is 5. The van der Waals surface area contributed by atoms with Gasteiger partial charge in [-0.25, -0.2) is 17.2 Å². The molecular weight excluding hydrogens is 625 g/mol. The first-order valence-electron chi connectivity index (χ1n) is 12.9. The van der Waals surface area contributed by atoms with Gasteiger partial charge in [0.15, 0.2) is 0 Å². The van der Waals surface area contributed by atoms with Crippen LogP contribution in [0.5, 0.6) is 0 Å². The Labute approximate surface area is 251 Å². The molecule has 2 aromatic carbocycles. The zero-order valence-corrected chi connectivity index (χ0v) is 24.8. The fourth-order valence-electron chi connectivity index (χ4n) is 5.60. The van der Waals surface area contributed by atoms with Crippen molar-refractivity contribution in [2.24, 2.45) is 0 Å². The van der Waals surface area contributed by atoms with Crippen LogP contribution in [-0.2, 0) is 26.0 Å². The van der Waals surface area contributed by atoms with Crippen LogP contribution >= 0.6 is 34.8 Å². The molecule has 222 valence electrons. The van der Waals surface area contributed by atoms with E-state index in [0.717, 1.165) is 9.21 Å². The Hall–Kier alpha value is -2.06. The van der Waals surface area contributed by atoms with Crippen LogP contribution < -0.4 is 0 Å². The number of hydrogen-bond acceptors (Lipinski definition) is 5. The quantitative estimate of drug-likeness (QED) is 0.462. The second-order valence-corrected chi connectivity index (χ2v) is 13.2. The first-order valence-corrected chi connectivity index (χ1v) is 15.5. The van der Waals surface area contributed by atoms with Gasteiger partial charge in [0.1, 0.15) is 10.9 Å². The van der Waals surface area contributed by atoms with Crippen molar-refractivity contribution in [2.45, 2.75) is 36.0 Å². The largest absolute Gasteiger partial charge is 0.462 e. The molecule has 3 aliphatic rings. The lowest BCUT2D eigenvalue weighted by Crippen LogP contribution is -2.72. The van der Waals surface area contributed by atoms with Gasteiger partial charge in [-0.2, -0.15) is 4.58 Å². The van der Waals surface area contributed by atoms with E-state index in [2.05, 4.69) is 0 Å². The van der Waals surface area contributed by atoms with Gasteiger partial charge in [0, 0.05) is 36.1 Å². The molecule has 2 aromatic rings. The number of piperazine rings is 1. The van der Waals surface area contributed by atoms with Gasteiger partial charge in [0.25, 0.3) is 12.3 Å². The summed E-state index contributed by atoms with van der Waals surface area (Å²) in [5.41, 5.74) is 0.654. The normalized spacial score (nSPS) is 24.7. The zero-order chi connectivity index (χ0) is 29.5. The molecule has 1 N–H and O–H groups in total. The summed E-state index contributed by atoms with van der Waals surface area (Å²) in [6.45, 7) is 0.107. The lowest BCUT2D eigenvalue weighted by Gasteiger charge is -2.45. The first kappa shape index (κ1) is 30.4. The summed E-state index contributed by atoms with van der Waals surface area (Å²) in [4.78, 5) is 16.3. The molecule has 3 unspecified atom stereocenters. The number of hydrogen-bond donors (Lipinski definition) is 1. The molecule has 2 saturated heterocycles. The van der Waals surface area contributed by atoms with Crippen molar-refractivity contribution in [3.8, 4) is 0 Å². The molecule has 3 atom stereocenters. The van der Waals surface area contributed by atoms with Gasteiger partial charge in [-0.05, 0) is 35.9 Å². The summed E-state index contributed by atoms with van der Waals surface area (Å²) in [6, 6.07) is 8.64. The van der Waals surface area contributed by atoms with Gasteiger partial charge >= 0.3 is 5.90 Å². The molecule has 41 heavy (non-hydrogen) atoms. The highest BCUT2D eigenvalue weighted by atomic mass is 35.5. The van der Waals surface area contributed by atoms with Crippen molar-refractivity contribution in [2.75, 3.05) is 45.9 Å². The monoisotopic (exact) mass is 651 g/mol. The van der Waals surface area contributed by atoms with Gasteiger partial charge in [-0.3, -0.25) is 9.69 Å². The summed E-state index contributed by atoms with van der Waals surface area (Å²) < 4.78 is 63.6. The van der Waals surface area contributed by atoms with Crippen molar-refractivity contribution < 1.29 is 36.4 Å². The van der Waals surface area contributed by atoms with E-state index in [1.165, 1.54) is 22.8 Å². The number of carbonyl (C=O) groups excluding carboxylic acids is 1. The molecule has 0 aliphatic carbocycles. The fourth-order valence-corrected chi connectivity index (χ4v) is 8.05. The summed E-state index contributed by atoms with van der Waals surface area (Å²) in [7, 11) is -4.37. The highest BCUT2D eigenvalue weighted by molar-refractivity contribution is 7.89. The van der Waals surface area contributed by atoms with Gasteiger partial charge < -0.3 is 14.7 Å². The first-order chi connectivity index (χ1) is 19.5. The van der Waals surface area contributed by atoms with Crippen molar-refractivity contribution in [3.63, 3.8) is 0 Å². The predicted molar refractivity (Wildman–Crippen MR) is 150 cm³/mol. The summed E-state index contributed by atoms with van der Waals surface area (Å²) >= 11 is 18.4. The lowest BCUT2D eigenvalue weighted by molar-refractivity contribution is -0.627. The Morgan fingerprint density at radius 2 is 1.68 bits per heavy atom. The number of alkyl halides is 2. The van der Waals surface area contributed by atoms with Crippen LogP contribution in [-0.4, -0.2) is 115 Å². The highest BCUT2D eigenvalue weighted by Crippen LogP contribution is 2.33. The van der Waals surface area contributed by atoms with Crippen LogP contribution in [0.3, 0.4) is 0 Å². The third-order valence-corrected chi connectivity index (χ3v) is 10.4. The third-order valence-electron chi connectivity index (χ3n) is 7.55. The van der Waals surface area contributed by atoms with Gasteiger partial charge in [0.2, 0.25) is 22.2 Å². The van der Waals surface area contributed by atoms with Crippen LogP contribution in [0.25, 0.3) is 0 Å². The van der Waals surface area contributed by atoms with Crippen molar-refractivity contribution in [1.82, 2.24) is 14.1 Å². The molecule has 0 spiro atoms. The van der Waals surface area contributed by atoms with E-state index < -0.39 is 47.2 Å². The zero-order valence-electron chi connectivity index (χ0n) is 21.7. The predicted octanol–water partition coefficient (Wildman–Crippen LogP) is 3.37. The molecule has 1 amide bonds. The van der Waals surface area contributed by atoms with E-state index >= 15 is 0 Å². The molecule has 0 radical (unpaired) electrons. The number of nitrogens with zero attached hydrogens (tertiary/aromatic N) is 4. The molecule has 2 fully saturated rings. The summed E-state index contributed by atoms with van der Waals surface area (Å²) in [5, 5.41) is 12.3. The molecular formula is C26H28Cl3F2N4O5S+. The topological polar surface area (TPSA) is 93.4 Å². The maximum Gasteiger partial charge on any atom is 0.355 e. The van der Waals surface area contributed by atoms with E-state index in [4.69, 9.17) is 39.5 Å². The number of aliphatic hydroxyl groups is 1. The van der Waals surface area contributed by atoms with E-state index in [9.17, 15) is 27.1 Å². The Morgan fingerprint density at radius 3 is 2.32 bits per heavy atom. The molecule has 0 bridgehead atoms. The molecule has 0 saturated carbocycles. The van der Waals surface area contributed by atoms with Crippen molar-refractivity contribution >= 4 is 56.6 Å². The molecule has 0 aromatic heterocycles. The maximum absolute atomic E-state index is 14.2. The molecule has 3 aliphatic heterocycles. The van der Waals surface area contributed by atoms with Gasteiger partial charge in [-0.15, -0.1) is 4.31 Å². The van der Waals surface area contributed by atoms with E-state index in [-0.39, 0.29) is 40.3 Å². The van der Waals surface area contributed by atoms with E-state index in [0.29, 0.717) is 36.9 Å². The Bertz CT molecular complexity index is 1440. The molecule has 9 nitrogen and oxygen atoms in total. The number of fused-ring (bicyclic) bond motifs is 1. The van der Waals surface area contributed by atoms with Crippen LogP contribution in [0.1, 0.15) is 5.56 Å².